The summed E-state index contributed by atoms with van der Waals surface area (Å²) in [5, 5.41) is 0. The molecule has 4 nitrogen and oxygen atoms in total. The Balaban J connectivity index is 1.58. The van der Waals surface area contributed by atoms with E-state index in [2.05, 4.69) is 6.92 Å². The monoisotopic (exact) mass is 380 g/mol. The summed E-state index contributed by atoms with van der Waals surface area (Å²) in [5.74, 6) is -0.373. The van der Waals surface area contributed by atoms with Crippen LogP contribution in [0.4, 0.5) is 4.39 Å². The van der Waals surface area contributed by atoms with Crippen LogP contribution in [0.2, 0.25) is 0 Å². The van der Waals surface area contributed by atoms with Gasteiger partial charge < -0.3 is 9.80 Å². The Morgan fingerprint density at radius 1 is 0.893 bits per heavy atom. The average Bonchev–Trinajstić information content (AvgIpc) is 2.73. The van der Waals surface area contributed by atoms with Crippen molar-refractivity contribution in [2.24, 2.45) is 0 Å². The van der Waals surface area contributed by atoms with Crippen LogP contribution in [-0.2, 0) is 11.2 Å². The highest BCUT2D eigenvalue weighted by atomic mass is 19.1. The van der Waals surface area contributed by atoms with Crippen molar-refractivity contribution in [3.05, 3.63) is 77.1 Å². The molecule has 2 aromatic rings. The van der Waals surface area contributed by atoms with Gasteiger partial charge in [-0.25, -0.2) is 4.39 Å². The SMILES string of the molecule is CCc1ccc(C(=O)N2CCN(C(=O)/C=C(\C)c3ccc(F)cc3)CC2)cc1. The molecule has 0 saturated carbocycles. The van der Waals surface area contributed by atoms with E-state index in [0.717, 1.165) is 17.6 Å². The van der Waals surface area contributed by atoms with E-state index in [1.807, 2.05) is 31.2 Å². The summed E-state index contributed by atoms with van der Waals surface area (Å²) in [6.45, 7) is 5.97. The van der Waals surface area contributed by atoms with Crippen LogP contribution in [0.15, 0.2) is 54.6 Å². The third-order valence-corrected chi connectivity index (χ3v) is 5.13. The molecule has 0 unspecified atom stereocenters. The highest BCUT2D eigenvalue weighted by molar-refractivity contribution is 5.96. The molecule has 2 aromatic carbocycles. The Morgan fingerprint density at radius 2 is 1.43 bits per heavy atom. The van der Waals surface area contributed by atoms with Crippen LogP contribution in [0, 0.1) is 5.82 Å². The van der Waals surface area contributed by atoms with Crippen molar-refractivity contribution in [3.63, 3.8) is 0 Å². The number of carbonyl (C=O) groups is 2. The fraction of sp³-hybridized carbons (Fsp3) is 0.304. The topological polar surface area (TPSA) is 40.6 Å². The van der Waals surface area contributed by atoms with Gasteiger partial charge in [-0.05, 0) is 54.3 Å². The first kappa shape index (κ1) is 19.8. The zero-order valence-electron chi connectivity index (χ0n) is 16.3. The number of hydrogen-bond donors (Lipinski definition) is 0. The van der Waals surface area contributed by atoms with Crippen LogP contribution in [-0.4, -0.2) is 47.8 Å². The highest BCUT2D eigenvalue weighted by Crippen LogP contribution is 2.16. The lowest BCUT2D eigenvalue weighted by Gasteiger charge is -2.34. The molecule has 1 saturated heterocycles. The molecule has 0 atom stereocenters. The van der Waals surface area contributed by atoms with Gasteiger partial charge in [-0.2, -0.15) is 0 Å². The summed E-state index contributed by atoms with van der Waals surface area (Å²) in [6.07, 6.45) is 2.52. The average molecular weight is 380 g/mol. The van der Waals surface area contributed by atoms with E-state index in [4.69, 9.17) is 0 Å². The number of benzene rings is 2. The van der Waals surface area contributed by atoms with Crippen LogP contribution in [0.1, 0.15) is 35.3 Å². The van der Waals surface area contributed by atoms with Gasteiger partial charge in [-0.3, -0.25) is 9.59 Å². The normalized spacial score (nSPS) is 14.9. The van der Waals surface area contributed by atoms with Crippen molar-refractivity contribution >= 4 is 17.4 Å². The number of halogens is 1. The quantitative estimate of drug-likeness (QED) is 0.758. The van der Waals surface area contributed by atoms with Crippen molar-refractivity contribution < 1.29 is 14.0 Å². The van der Waals surface area contributed by atoms with Crippen molar-refractivity contribution in [2.45, 2.75) is 20.3 Å². The zero-order chi connectivity index (χ0) is 20.1. The van der Waals surface area contributed by atoms with Crippen LogP contribution < -0.4 is 0 Å². The van der Waals surface area contributed by atoms with Gasteiger partial charge in [0.25, 0.3) is 5.91 Å². The fourth-order valence-corrected chi connectivity index (χ4v) is 3.27. The van der Waals surface area contributed by atoms with Crippen molar-refractivity contribution in [2.75, 3.05) is 26.2 Å². The van der Waals surface area contributed by atoms with Crippen LogP contribution in [0.3, 0.4) is 0 Å². The number of nitrogens with zero attached hydrogens (tertiary/aromatic N) is 2. The summed E-state index contributed by atoms with van der Waals surface area (Å²) >= 11 is 0. The Bertz CT molecular complexity index is 864. The summed E-state index contributed by atoms with van der Waals surface area (Å²) in [5.41, 5.74) is 3.50. The smallest absolute Gasteiger partial charge is 0.253 e. The Kier molecular flexibility index (Phi) is 6.24. The predicted octanol–water partition coefficient (Wildman–Crippen LogP) is 3.78. The predicted molar refractivity (Wildman–Crippen MR) is 108 cm³/mol. The molecule has 0 spiro atoms. The maximum Gasteiger partial charge on any atom is 0.253 e. The molecule has 0 N–H and O–H groups in total. The molecule has 0 bridgehead atoms. The maximum atomic E-state index is 13.0. The molecule has 0 aliphatic carbocycles. The van der Waals surface area contributed by atoms with Crippen molar-refractivity contribution in [1.29, 1.82) is 0 Å². The third-order valence-electron chi connectivity index (χ3n) is 5.13. The molecule has 1 fully saturated rings. The van der Waals surface area contributed by atoms with Gasteiger partial charge in [0.05, 0.1) is 0 Å². The number of piperazine rings is 1. The summed E-state index contributed by atoms with van der Waals surface area (Å²) in [7, 11) is 0. The highest BCUT2D eigenvalue weighted by Gasteiger charge is 2.24. The number of carbonyl (C=O) groups excluding carboxylic acids is 2. The number of rotatable bonds is 4. The van der Waals surface area contributed by atoms with Gasteiger partial charge in [-0.1, -0.05) is 31.2 Å². The lowest BCUT2D eigenvalue weighted by atomic mass is 10.1. The van der Waals surface area contributed by atoms with E-state index in [-0.39, 0.29) is 17.6 Å². The number of aryl methyl sites for hydroxylation is 1. The molecule has 0 aromatic heterocycles. The molecular formula is C23H25FN2O2. The van der Waals surface area contributed by atoms with E-state index >= 15 is 0 Å². The molecule has 28 heavy (non-hydrogen) atoms. The molecule has 2 amide bonds. The maximum absolute atomic E-state index is 13.0. The standard InChI is InChI=1S/C23H25FN2O2/c1-3-18-4-6-20(7-5-18)23(28)26-14-12-25(13-15-26)22(27)16-17(2)19-8-10-21(24)11-9-19/h4-11,16H,3,12-15H2,1-2H3/b17-16+. The van der Waals surface area contributed by atoms with Gasteiger partial charge in [0, 0.05) is 37.8 Å². The van der Waals surface area contributed by atoms with E-state index in [9.17, 15) is 14.0 Å². The number of amides is 2. The van der Waals surface area contributed by atoms with Crippen LogP contribution >= 0.6 is 0 Å². The zero-order valence-corrected chi connectivity index (χ0v) is 16.3. The third kappa shape index (κ3) is 4.66. The molecule has 1 aliphatic rings. The summed E-state index contributed by atoms with van der Waals surface area (Å²) in [4.78, 5) is 28.7. The first-order chi connectivity index (χ1) is 13.5. The molecule has 0 radical (unpaired) electrons. The van der Waals surface area contributed by atoms with Gasteiger partial charge in [0.1, 0.15) is 5.82 Å². The molecule has 146 valence electrons. The summed E-state index contributed by atoms with van der Waals surface area (Å²) < 4.78 is 13.0. The number of hydrogen-bond acceptors (Lipinski definition) is 2. The Morgan fingerprint density at radius 3 is 2.00 bits per heavy atom. The Labute approximate surface area is 165 Å². The first-order valence-electron chi connectivity index (χ1n) is 9.59. The molecule has 1 aliphatic heterocycles. The Hall–Kier alpha value is -2.95. The lowest BCUT2D eigenvalue weighted by molar-refractivity contribution is -0.127. The number of allylic oxidation sites excluding steroid dienone is 1. The molecule has 1 heterocycles. The van der Waals surface area contributed by atoms with E-state index in [1.165, 1.54) is 17.7 Å². The van der Waals surface area contributed by atoms with Crippen molar-refractivity contribution in [1.82, 2.24) is 9.80 Å². The van der Waals surface area contributed by atoms with Crippen LogP contribution in [0.25, 0.3) is 5.57 Å². The van der Waals surface area contributed by atoms with Gasteiger partial charge >= 0.3 is 0 Å². The second kappa shape index (κ2) is 8.83. The van der Waals surface area contributed by atoms with E-state index in [0.29, 0.717) is 31.7 Å². The van der Waals surface area contributed by atoms with Crippen LogP contribution in [0.5, 0.6) is 0 Å². The first-order valence-corrected chi connectivity index (χ1v) is 9.59. The minimum absolute atomic E-state index is 0.00721. The molecular weight excluding hydrogens is 355 g/mol. The van der Waals surface area contributed by atoms with E-state index < -0.39 is 0 Å². The molecule has 3 rings (SSSR count). The van der Waals surface area contributed by atoms with Gasteiger partial charge in [0.15, 0.2) is 0 Å². The molecule has 5 heteroatoms. The lowest BCUT2D eigenvalue weighted by Crippen LogP contribution is -2.50. The second-order valence-corrected chi connectivity index (χ2v) is 7.00. The summed E-state index contributed by atoms with van der Waals surface area (Å²) in [6, 6.07) is 13.8. The second-order valence-electron chi connectivity index (χ2n) is 7.00. The van der Waals surface area contributed by atoms with E-state index in [1.54, 1.807) is 28.0 Å². The van der Waals surface area contributed by atoms with Gasteiger partial charge in [0.2, 0.25) is 5.91 Å². The minimum atomic E-state index is -0.298. The van der Waals surface area contributed by atoms with Gasteiger partial charge in [-0.15, -0.1) is 0 Å². The van der Waals surface area contributed by atoms with Crippen molar-refractivity contribution in [3.8, 4) is 0 Å². The minimum Gasteiger partial charge on any atom is -0.336 e. The fourth-order valence-electron chi connectivity index (χ4n) is 3.27. The largest absolute Gasteiger partial charge is 0.336 e.